The van der Waals surface area contributed by atoms with E-state index in [1.54, 1.807) is 6.07 Å². The van der Waals surface area contributed by atoms with Crippen LogP contribution in [0.3, 0.4) is 0 Å². The number of hydrogen-bond donors (Lipinski definition) is 0. The van der Waals surface area contributed by atoms with Gasteiger partial charge in [0.25, 0.3) is 0 Å². The van der Waals surface area contributed by atoms with Gasteiger partial charge in [0.05, 0.1) is 0 Å². The maximum Gasteiger partial charge on any atom is 0.514 e. The Hall–Kier alpha value is -1.51. The predicted octanol–water partition coefficient (Wildman–Crippen LogP) is 2.02. The summed E-state index contributed by atoms with van der Waals surface area (Å²) in [7, 11) is 0. The Kier molecular flexibility index (Phi) is 1.50. The number of aryl methyl sites for hydroxylation is 1. The fraction of sp³-hybridized carbons (Fsp3) is 0.222. The summed E-state index contributed by atoms with van der Waals surface area (Å²) in [5.41, 5.74) is 1.96. The SMILES string of the molecule is Cc1cc2ccc1OC(=O)OC2. The van der Waals surface area contributed by atoms with Crippen LogP contribution in [0.5, 0.6) is 5.75 Å². The molecular formula is C9H8O3. The topological polar surface area (TPSA) is 35.5 Å². The largest absolute Gasteiger partial charge is 0.514 e. The lowest BCUT2D eigenvalue weighted by molar-refractivity contribution is 0.0904. The molecule has 1 aromatic rings. The molecule has 2 aliphatic heterocycles. The third-order valence-corrected chi connectivity index (χ3v) is 1.79. The van der Waals surface area contributed by atoms with Crippen LogP contribution in [0.1, 0.15) is 11.1 Å². The van der Waals surface area contributed by atoms with Gasteiger partial charge in [-0.15, -0.1) is 0 Å². The van der Waals surface area contributed by atoms with Crippen molar-refractivity contribution < 1.29 is 14.3 Å². The minimum Gasteiger partial charge on any atom is -0.429 e. The van der Waals surface area contributed by atoms with E-state index in [2.05, 4.69) is 0 Å². The number of rotatable bonds is 0. The van der Waals surface area contributed by atoms with Crippen molar-refractivity contribution in [3.05, 3.63) is 29.3 Å². The number of benzene rings is 1. The van der Waals surface area contributed by atoms with Crippen molar-refractivity contribution in [1.29, 1.82) is 0 Å². The summed E-state index contributed by atoms with van der Waals surface area (Å²) in [6.45, 7) is 2.19. The second kappa shape index (κ2) is 2.52. The van der Waals surface area contributed by atoms with Crippen LogP contribution in [-0.4, -0.2) is 6.16 Å². The Morgan fingerprint density at radius 1 is 1.42 bits per heavy atom. The van der Waals surface area contributed by atoms with Crippen LogP contribution in [0, 0.1) is 6.92 Å². The molecule has 3 heteroatoms. The molecule has 62 valence electrons. The van der Waals surface area contributed by atoms with Crippen molar-refractivity contribution in [2.75, 3.05) is 0 Å². The van der Waals surface area contributed by atoms with Gasteiger partial charge in [-0.05, 0) is 30.2 Å². The Labute approximate surface area is 69.9 Å². The van der Waals surface area contributed by atoms with Gasteiger partial charge in [-0.1, -0.05) is 6.07 Å². The lowest BCUT2D eigenvalue weighted by Gasteiger charge is -2.13. The average Bonchev–Trinajstić information content (AvgIpc) is 2.02. The van der Waals surface area contributed by atoms with Gasteiger partial charge in [0, 0.05) is 0 Å². The monoisotopic (exact) mass is 164 g/mol. The first-order valence-electron chi connectivity index (χ1n) is 3.70. The van der Waals surface area contributed by atoms with Crippen molar-refractivity contribution >= 4 is 6.16 Å². The number of ether oxygens (including phenoxy) is 2. The van der Waals surface area contributed by atoms with Gasteiger partial charge in [-0.2, -0.15) is 0 Å². The molecule has 2 heterocycles. The Morgan fingerprint density at radius 2 is 2.25 bits per heavy atom. The molecule has 0 radical (unpaired) electrons. The summed E-state index contributed by atoms with van der Waals surface area (Å²) < 4.78 is 9.63. The molecule has 3 rings (SSSR count). The fourth-order valence-corrected chi connectivity index (χ4v) is 1.18. The molecule has 2 aliphatic rings. The van der Waals surface area contributed by atoms with E-state index in [4.69, 9.17) is 9.47 Å². The van der Waals surface area contributed by atoms with E-state index < -0.39 is 6.16 Å². The van der Waals surface area contributed by atoms with Crippen molar-refractivity contribution in [1.82, 2.24) is 0 Å². The van der Waals surface area contributed by atoms with Crippen LogP contribution in [0.4, 0.5) is 4.79 Å². The summed E-state index contributed by atoms with van der Waals surface area (Å²) in [5.74, 6) is 0.573. The highest BCUT2D eigenvalue weighted by molar-refractivity contribution is 5.65. The highest BCUT2D eigenvalue weighted by Gasteiger charge is 2.13. The van der Waals surface area contributed by atoms with E-state index in [1.165, 1.54) is 0 Å². The number of hydrogen-bond acceptors (Lipinski definition) is 3. The smallest absolute Gasteiger partial charge is 0.429 e. The molecule has 12 heavy (non-hydrogen) atoms. The van der Waals surface area contributed by atoms with Crippen LogP contribution in [0.15, 0.2) is 18.2 Å². The Morgan fingerprint density at radius 3 is 3.00 bits per heavy atom. The maximum atomic E-state index is 10.8. The van der Waals surface area contributed by atoms with Gasteiger partial charge < -0.3 is 9.47 Å². The van der Waals surface area contributed by atoms with Gasteiger partial charge >= 0.3 is 6.16 Å². The molecule has 0 saturated carbocycles. The zero-order chi connectivity index (χ0) is 8.55. The molecule has 0 N–H and O–H groups in total. The summed E-state index contributed by atoms with van der Waals surface area (Å²) in [4.78, 5) is 10.8. The van der Waals surface area contributed by atoms with Crippen LogP contribution < -0.4 is 4.74 Å². The van der Waals surface area contributed by atoms with Gasteiger partial charge in [0.1, 0.15) is 12.4 Å². The maximum absolute atomic E-state index is 10.8. The molecule has 0 fully saturated rings. The van der Waals surface area contributed by atoms with Crippen LogP contribution in [-0.2, 0) is 11.3 Å². The number of carbonyl (C=O) groups excluding carboxylic acids is 1. The average molecular weight is 164 g/mol. The second-order valence-corrected chi connectivity index (χ2v) is 2.74. The van der Waals surface area contributed by atoms with Gasteiger partial charge in [-0.25, -0.2) is 4.79 Å². The molecule has 0 aliphatic carbocycles. The van der Waals surface area contributed by atoms with E-state index in [-0.39, 0.29) is 0 Å². The second-order valence-electron chi connectivity index (χ2n) is 2.74. The van der Waals surface area contributed by atoms with E-state index in [0.717, 1.165) is 11.1 Å². The number of carbonyl (C=O) groups is 1. The van der Waals surface area contributed by atoms with E-state index in [0.29, 0.717) is 12.4 Å². The van der Waals surface area contributed by atoms with Crippen molar-refractivity contribution in [2.45, 2.75) is 13.5 Å². The quantitative estimate of drug-likeness (QED) is 0.434. The van der Waals surface area contributed by atoms with Crippen molar-refractivity contribution in [2.24, 2.45) is 0 Å². The van der Waals surface area contributed by atoms with Crippen molar-refractivity contribution in [3.8, 4) is 5.75 Å². The summed E-state index contributed by atoms with van der Waals surface area (Å²) in [6, 6.07) is 5.61. The highest BCUT2D eigenvalue weighted by atomic mass is 16.7. The molecule has 0 spiro atoms. The van der Waals surface area contributed by atoms with E-state index in [9.17, 15) is 4.79 Å². The predicted molar refractivity (Wildman–Crippen MR) is 42.0 cm³/mol. The van der Waals surface area contributed by atoms with E-state index in [1.807, 2.05) is 19.1 Å². The third kappa shape index (κ3) is 1.13. The lowest BCUT2D eigenvalue weighted by Crippen LogP contribution is -2.13. The van der Waals surface area contributed by atoms with Gasteiger partial charge in [0.2, 0.25) is 0 Å². The normalized spacial score (nSPS) is 14.6. The van der Waals surface area contributed by atoms with Gasteiger partial charge in [-0.3, -0.25) is 0 Å². The highest BCUT2D eigenvalue weighted by Crippen LogP contribution is 2.22. The standard InChI is InChI=1S/C9H8O3/c1-6-4-7-2-3-8(6)12-9(10)11-5-7/h2-4H,5H2,1H3. The summed E-state index contributed by atoms with van der Waals surface area (Å²) >= 11 is 0. The Bertz CT molecular complexity index is 331. The molecule has 0 aromatic heterocycles. The van der Waals surface area contributed by atoms with Crippen LogP contribution in [0.2, 0.25) is 0 Å². The number of fused-ring (bicyclic) bond motifs is 5. The van der Waals surface area contributed by atoms with Crippen LogP contribution in [0.25, 0.3) is 0 Å². The fourth-order valence-electron chi connectivity index (χ4n) is 1.18. The minimum absolute atomic E-state index is 0.292. The summed E-state index contributed by atoms with van der Waals surface area (Å²) in [6.07, 6.45) is -0.626. The molecule has 3 nitrogen and oxygen atoms in total. The first-order chi connectivity index (χ1) is 5.75. The zero-order valence-corrected chi connectivity index (χ0v) is 6.66. The van der Waals surface area contributed by atoms with Gasteiger partial charge in [0.15, 0.2) is 0 Å². The first kappa shape index (κ1) is 7.16. The molecule has 2 bridgehead atoms. The minimum atomic E-state index is -0.626. The molecule has 0 atom stereocenters. The molecule has 0 saturated heterocycles. The third-order valence-electron chi connectivity index (χ3n) is 1.79. The van der Waals surface area contributed by atoms with Crippen molar-refractivity contribution in [3.63, 3.8) is 0 Å². The zero-order valence-electron chi connectivity index (χ0n) is 6.66. The molecule has 0 amide bonds. The lowest BCUT2D eigenvalue weighted by atomic mass is 10.1. The first-order valence-corrected chi connectivity index (χ1v) is 3.70. The summed E-state index contributed by atoms with van der Waals surface area (Å²) in [5, 5.41) is 0. The molecule has 1 aromatic carbocycles. The van der Waals surface area contributed by atoms with E-state index >= 15 is 0 Å². The molecule has 0 unspecified atom stereocenters. The molecular weight excluding hydrogens is 156 g/mol. The Balaban J connectivity index is 2.50. The van der Waals surface area contributed by atoms with Crippen LogP contribution >= 0.6 is 0 Å².